The molecule has 1 aliphatic rings. The van der Waals surface area contributed by atoms with Gasteiger partial charge in [-0.15, -0.1) is 0 Å². The number of carbonyl (C=O) groups is 2. The Hall–Kier alpha value is -4.76. The van der Waals surface area contributed by atoms with Crippen LogP contribution in [-0.2, 0) is 13.1 Å². The molecule has 11 nitrogen and oxygen atoms in total. The number of aromatic nitrogens is 2. The van der Waals surface area contributed by atoms with Crippen LogP contribution in [0.1, 0.15) is 45.7 Å². The van der Waals surface area contributed by atoms with Gasteiger partial charge in [0.25, 0.3) is 5.91 Å². The van der Waals surface area contributed by atoms with Gasteiger partial charge in [-0.1, -0.05) is 12.1 Å². The maximum Gasteiger partial charge on any atom is 0.258 e. The van der Waals surface area contributed by atoms with E-state index in [1.165, 1.54) is 36.4 Å². The van der Waals surface area contributed by atoms with E-state index in [0.29, 0.717) is 11.8 Å². The molecule has 11 heteroatoms. The monoisotopic (exact) mass is 582 g/mol. The van der Waals surface area contributed by atoms with Crippen LogP contribution < -0.4 is 10.1 Å². The number of benzene rings is 3. The fraction of sp³-hybridized carbons (Fsp3) is 0.312. The fourth-order valence-corrected chi connectivity index (χ4v) is 5.05. The van der Waals surface area contributed by atoms with Gasteiger partial charge in [-0.25, -0.2) is 4.98 Å². The number of anilines is 1. The molecule has 1 amide bonds. The zero-order valence-electron chi connectivity index (χ0n) is 24.4. The van der Waals surface area contributed by atoms with Crippen molar-refractivity contribution >= 4 is 29.2 Å². The summed E-state index contributed by atoms with van der Waals surface area (Å²) in [6.45, 7) is 8.36. The summed E-state index contributed by atoms with van der Waals surface area (Å²) < 4.78 is 7.61. The predicted molar refractivity (Wildman–Crippen MR) is 161 cm³/mol. The number of phenols is 1. The van der Waals surface area contributed by atoms with Crippen LogP contribution in [0.15, 0.2) is 54.6 Å². The largest absolute Gasteiger partial charge is 0.507 e. The van der Waals surface area contributed by atoms with Crippen molar-refractivity contribution in [3.8, 4) is 23.3 Å². The third kappa shape index (κ3) is 6.84. The number of amides is 1. The molecule has 0 radical (unpaired) electrons. The summed E-state index contributed by atoms with van der Waals surface area (Å²) in [6.07, 6.45) is 0.455. The van der Waals surface area contributed by atoms with Crippen molar-refractivity contribution in [1.82, 2.24) is 19.4 Å². The zero-order chi connectivity index (χ0) is 30.7. The number of nitrogens with zero attached hydrogens (tertiary/aromatic N) is 5. The molecule has 3 aromatic carbocycles. The summed E-state index contributed by atoms with van der Waals surface area (Å²) in [5, 5.41) is 33.2. The van der Waals surface area contributed by atoms with Gasteiger partial charge in [0, 0.05) is 38.3 Å². The first-order valence-corrected chi connectivity index (χ1v) is 14.0. The second-order valence-corrected chi connectivity index (χ2v) is 11.4. The Balaban J connectivity index is 1.44. The van der Waals surface area contributed by atoms with Gasteiger partial charge < -0.3 is 24.4 Å². The molecule has 0 spiro atoms. The van der Waals surface area contributed by atoms with Crippen molar-refractivity contribution in [2.75, 3.05) is 38.5 Å². The van der Waals surface area contributed by atoms with Crippen LogP contribution in [0.5, 0.6) is 17.2 Å². The van der Waals surface area contributed by atoms with Crippen molar-refractivity contribution < 1.29 is 24.5 Å². The van der Waals surface area contributed by atoms with Gasteiger partial charge in [-0.2, -0.15) is 5.26 Å². The lowest BCUT2D eigenvalue weighted by molar-refractivity contribution is 0.0630. The first kappa shape index (κ1) is 29.7. The van der Waals surface area contributed by atoms with E-state index in [9.17, 15) is 25.1 Å². The van der Waals surface area contributed by atoms with E-state index in [2.05, 4.69) is 33.2 Å². The molecule has 1 aliphatic heterocycles. The molecule has 0 bridgehead atoms. The Labute approximate surface area is 249 Å². The normalized spacial score (nSPS) is 14.4. The van der Waals surface area contributed by atoms with E-state index in [1.54, 1.807) is 18.4 Å². The van der Waals surface area contributed by atoms with Gasteiger partial charge in [-0.3, -0.25) is 19.8 Å². The maximum atomic E-state index is 13.5. The van der Waals surface area contributed by atoms with Crippen LogP contribution in [-0.4, -0.2) is 80.6 Å². The number of aliphatic hydroxyl groups is 1. The lowest BCUT2D eigenvalue weighted by atomic mass is 10.1. The van der Waals surface area contributed by atoms with Crippen LogP contribution in [0.25, 0.3) is 11.0 Å². The number of nitrogens with one attached hydrogen (secondary N) is 1. The number of fused-ring (bicyclic) bond motifs is 1. The van der Waals surface area contributed by atoms with Crippen LogP contribution in [0.3, 0.4) is 0 Å². The van der Waals surface area contributed by atoms with Gasteiger partial charge in [0.05, 0.1) is 34.3 Å². The summed E-state index contributed by atoms with van der Waals surface area (Å²) in [4.78, 5) is 34.4. The molecule has 1 fully saturated rings. The highest BCUT2D eigenvalue weighted by Crippen LogP contribution is 2.32. The molecule has 2 heterocycles. The number of hydrogen-bond acceptors (Lipinski definition) is 9. The van der Waals surface area contributed by atoms with Gasteiger partial charge in [0.15, 0.2) is 6.29 Å². The molecule has 222 valence electrons. The SMILES string of the molecule is CN1CCN(Cc2ccc3nc(NC(=O)c4ccc(C#N)c(Oc5cccc(O)c5C=O)c4)n(CC(C)(C)O)c3c2)CC1. The van der Waals surface area contributed by atoms with Crippen molar-refractivity contribution in [3.05, 3.63) is 76.9 Å². The zero-order valence-corrected chi connectivity index (χ0v) is 24.4. The minimum atomic E-state index is -1.09. The lowest BCUT2D eigenvalue weighted by Gasteiger charge is -2.32. The van der Waals surface area contributed by atoms with Crippen LogP contribution in [0.2, 0.25) is 0 Å². The lowest BCUT2D eigenvalue weighted by Crippen LogP contribution is -2.43. The van der Waals surface area contributed by atoms with E-state index in [1.807, 2.05) is 18.2 Å². The van der Waals surface area contributed by atoms with Gasteiger partial charge >= 0.3 is 0 Å². The average molecular weight is 583 g/mol. The first-order chi connectivity index (χ1) is 20.5. The minimum Gasteiger partial charge on any atom is -0.507 e. The first-order valence-electron chi connectivity index (χ1n) is 14.0. The third-order valence-corrected chi connectivity index (χ3v) is 7.33. The topological polar surface area (TPSA) is 144 Å². The molecular formula is C32H34N6O5. The van der Waals surface area contributed by atoms with Crippen molar-refractivity contribution in [2.24, 2.45) is 0 Å². The summed E-state index contributed by atoms with van der Waals surface area (Å²) >= 11 is 0. The highest BCUT2D eigenvalue weighted by Gasteiger charge is 2.23. The standard InChI is InChI=1S/C32H34N6O5/c1-32(2,42)20-38-26-15-21(18-37-13-11-36(3)12-14-37)7-10-25(26)34-31(38)35-30(41)22-8-9-23(17-33)29(16-22)43-28-6-4-5-27(40)24(28)19-39/h4-10,15-16,19,40,42H,11-14,18,20H2,1-3H3,(H,34,35,41). The molecule has 3 N–H and O–H groups in total. The molecule has 1 aromatic heterocycles. The Morgan fingerprint density at radius 3 is 2.58 bits per heavy atom. The Morgan fingerprint density at radius 2 is 1.88 bits per heavy atom. The number of piperazine rings is 1. The molecule has 0 saturated carbocycles. The Bertz CT molecular complexity index is 1710. The predicted octanol–water partition coefficient (Wildman–Crippen LogP) is 3.99. The van der Waals surface area contributed by atoms with E-state index in [0.717, 1.165) is 43.8 Å². The number of aldehydes is 1. The summed E-state index contributed by atoms with van der Waals surface area (Å²) in [7, 11) is 2.12. The molecule has 0 atom stereocenters. The minimum absolute atomic E-state index is 0.0439. The van der Waals surface area contributed by atoms with E-state index in [-0.39, 0.29) is 46.4 Å². The van der Waals surface area contributed by atoms with Crippen molar-refractivity contribution in [3.63, 3.8) is 0 Å². The number of hydrogen-bond donors (Lipinski definition) is 3. The van der Waals surface area contributed by atoms with Crippen LogP contribution in [0.4, 0.5) is 5.95 Å². The molecule has 5 rings (SSSR count). The second-order valence-electron chi connectivity index (χ2n) is 11.4. The fourth-order valence-electron chi connectivity index (χ4n) is 5.05. The van der Waals surface area contributed by atoms with Crippen LogP contribution in [0, 0.1) is 11.3 Å². The van der Waals surface area contributed by atoms with Crippen molar-refractivity contribution in [1.29, 1.82) is 5.26 Å². The molecule has 1 saturated heterocycles. The number of rotatable bonds is 9. The molecule has 0 unspecified atom stereocenters. The number of phenolic OH excluding ortho intramolecular Hbond substituents is 1. The van der Waals surface area contributed by atoms with E-state index < -0.39 is 11.5 Å². The van der Waals surface area contributed by atoms with E-state index in [4.69, 9.17) is 4.74 Å². The number of imidazole rings is 1. The highest BCUT2D eigenvalue weighted by molar-refractivity contribution is 6.04. The molecule has 0 aliphatic carbocycles. The number of carbonyl (C=O) groups excluding carboxylic acids is 2. The van der Waals surface area contributed by atoms with E-state index >= 15 is 0 Å². The molecule has 4 aromatic rings. The second kappa shape index (κ2) is 12.2. The Morgan fingerprint density at radius 1 is 1.12 bits per heavy atom. The maximum absolute atomic E-state index is 13.5. The summed E-state index contributed by atoms with van der Waals surface area (Å²) in [5.74, 6) is -0.421. The molecule has 43 heavy (non-hydrogen) atoms. The van der Waals surface area contributed by atoms with Gasteiger partial charge in [0.2, 0.25) is 5.95 Å². The quantitative estimate of drug-likeness (QED) is 0.250. The summed E-state index contributed by atoms with van der Waals surface area (Å²) in [5.41, 5.74) is 1.73. The molecular weight excluding hydrogens is 548 g/mol. The van der Waals surface area contributed by atoms with Crippen LogP contribution >= 0.6 is 0 Å². The smallest absolute Gasteiger partial charge is 0.258 e. The third-order valence-electron chi connectivity index (χ3n) is 7.33. The average Bonchev–Trinajstić information content (AvgIpc) is 3.29. The number of aromatic hydroxyl groups is 1. The number of ether oxygens (including phenoxy) is 1. The van der Waals surface area contributed by atoms with Gasteiger partial charge in [0.1, 0.15) is 23.3 Å². The summed E-state index contributed by atoms with van der Waals surface area (Å²) in [6, 6.07) is 16.7. The van der Waals surface area contributed by atoms with Gasteiger partial charge in [-0.05, 0) is 68.9 Å². The number of nitriles is 1. The number of likely N-dealkylation sites (N-methyl/N-ethyl adjacent to an activating group) is 1. The highest BCUT2D eigenvalue weighted by atomic mass is 16.5. The van der Waals surface area contributed by atoms with Crippen molar-refractivity contribution in [2.45, 2.75) is 32.5 Å². The Kier molecular flexibility index (Phi) is 8.45.